The van der Waals surface area contributed by atoms with E-state index in [1.54, 1.807) is 0 Å². The maximum Gasteiger partial charge on any atom is 0.317 e. The molecule has 0 spiro atoms. The number of hydrogen-bond acceptors (Lipinski definition) is 5. The molecule has 1 saturated heterocycles. The van der Waals surface area contributed by atoms with Crippen LogP contribution in [0.4, 0.5) is 4.79 Å². The number of rotatable bonds is 3. The lowest BCUT2D eigenvalue weighted by molar-refractivity contribution is 0.0855. The van der Waals surface area contributed by atoms with Crippen molar-refractivity contribution in [3.8, 4) is 0 Å². The van der Waals surface area contributed by atoms with E-state index in [4.69, 9.17) is 0 Å². The largest absolute Gasteiger partial charge is 0.332 e. The molecule has 7 nitrogen and oxygen atoms in total. The third-order valence-electron chi connectivity index (χ3n) is 3.91. The van der Waals surface area contributed by atoms with Crippen molar-refractivity contribution in [2.24, 2.45) is 5.92 Å². The minimum absolute atomic E-state index is 0.0499. The summed E-state index contributed by atoms with van der Waals surface area (Å²) in [6.07, 6.45) is 0. The Kier molecular flexibility index (Phi) is 4.59. The van der Waals surface area contributed by atoms with Gasteiger partial charge in [0.05, 0.1) is 6.54 Å². The summed E-state index contributed by atoms with van der Waals surface area (Å²) in [4.78, 5) is 16.4. The molecule has 7 heteroatoms. The van der Waals surface area contributed by atoms with Crippen molar-refractivity contribution in [3.05, 3.63) is 11.4 Å². The second kappa shape index (κ2) is 6.21. The number of carbonyl (C=O) groups excluding carboxylic acids is 1. The molecule has 1 N–H and O–H groups in total. The number of carbonyl (C=O) groups is 1. The van der Waals surface area contributed by atoms with E-state index in [2.05, 4.69) is 46.1 Å². The van der Waals surface area contributed by atoms with Gasteiger partial charge in [0.15, 0.2) is 0 Å². The molecule has 1 aromatic heterocycles. The van der Waals surface area contributed by atoms with Gasteiger partial charge in [0, 0.05) is 25.7 Å². The predicted octanol–water partition coefficient (Wildman–Crippen LogP) is 0.860. The summed E-state index contributed by atoms with van der Waals surface area (Å²) in [5.41, 5.74) is 1.39. The Balaban J connectivity index is 1.88. The van der Waals surface area contributed by atoms with E-state index in [9.17, 15) is 4.79 Å². The zero-order valence-electron chi connectivity index (χ0n) is 12.6. The Morgan fingerprint density at radius 1 is 1.45 bits per heavy atom. The van der Waals surface area contributed by atoms with Crippen LogP contribution in [0.3, 0.4) is 0 Å². The highest BCUT2D eigenvalue weighted by atomic mass is 16.6. The Hall–Kier alpha value is -1.63. The number of likely N-dealkylation sites (N-methyl/N-ethyl adjacent to an activating group) is 1. The molecule has 1 aromatic rings. The number of aryl methyl sites for hydroxylation is 1. The maximum atomic E-state index is 12.2. The summed E-state index contributed by atoms with van der Waals surface area (Å²) < 4.78 is 4.61. The lowest BCUT2D eigenvalue weighted by Gasteiger charge is -2.41. The van der Waals surface area contributed by atoms with E-state index in [0.29, 0.717) is 29.9 Å². The van der Waals surface area contributed by atoms with Crippen molar-refractivity contribution in [2.75, 3.05) is 26.7 Å². The molecule has 0 aromatic carbocycles. The molecule has 1 fully saturated rings. The number of hydrogen-bond donors (Lipinski definition) is 1. The summed E-state index contributed by atoms with van der Waals surface area (Å²) in [5, 5.41) is 10.3. The molecule has 0 radical (unpaired) electrons. The van der Waals surface area contributed by atoms with Crippen molar-refractivity contribution in [3.63, 3.8) is 0 Å². The monoisotopic (exact) mass is 281 g/mol. The highest BCUT2D eigenvalue weighted by molar-refractivity contribution is 5.74. The van der Waals surface area contributed by atoms with Gasteiger partial charge in [-0.05, 0) is 19.9 Å². The highest BCUT2D eigenvalue weighted by Gasteiger charge is 2.29. The van der Waals surface area contributed by atoms with Gasteiger partial charge >= 0.3 is 6.03 Å². The normalized spacial score (nSPS) is 20.4. The molecule has 1 atom stereocenters. The second-order valence-corrected chi connectivity index (χ2v) is 5.69. The van der Waals surface area contributed by atoms with Gasteiger partial charge in [0.1, 0.15) is 11.4 Å². The van der Waals surface area contributed by atoms with E-state index < -0.39 is 0 Å². The van der Waals surface area contributed by atoms with E-state index in [-0.39, 0.29) is 6.03 Å². The fourth-order valence-corrected chi connectivity index (χ4v) is 2.49. The Morgan fingerprint density at radius 3 is 2.80 bits per heavy atom. The van der Waals surface area contributed by atoms with Gasteiger partial charge in [-0.3, -0.25) is 4.90 Å². The van der Waals surface area contributed by atoms with Gasteiger partial charge < -0.3 is 10.2 Å². The van der Waals surface area contributed by atoms with E-state index in [1.807, 2.05) is 11.8 Å². The van der Waals surface area contributed by atoms with Crippen LogP contribution in [0, 0.1) is 12.8 Å². The van der Waals surface area contributed by atoms with Gasteiger partial charge in [-0.25, -0.2) is 9.42 Å². The fraction of sp³-hybridized carbons (Fsp3) is 0.769. The summed E-state index contributed by atoms with van der Waals surface area (Å²) >= 11 is 0. The van der Waals surface area contributed by atoms with Gasteiger partial charge in [-0.15, -0.1) is 0 Å². The minimum Gasteiger partial charge on any atom is -0.332 e. The van der Waals surface area contributed by atoms with Gasteiger partial charge in [0.2, 0.25) is 0 Å². The van der Waals surface area contributed by atoms with Crippen LogP contribution in [0.5, 0.6) is 0 Å². The molecule has 0 saturated carbocycles. The van der Waals surface area contributed by atoms with Crippen LogP contribution >= 0.6 is 0 Å². The quantitative estimate of drug-likeness (QED) is 0.889. The van der Waals surface area contributed by atoms with Crippen molar-refractivity contribution in [1.29, 1.82) is 0 Å². The molecule has 0 aliphatic carbocycles. The van der Waals surface area contributed by atoms with Crippen molar-refractivity contribution >= 4 is 6.03 Å². The number of aromatic nitrogens is 2. The van der Waals surface area contributed by atoms with Crippen molar-refractivity contribution in [1.82, 2.24) is 25.4 Å². The number of nitrogens with zero attached hydrogens (tertiary/aromatic N) is 4. The van der Waals surface area contributed by atoms with Gasteiger partial charge in [-0.2, -0.15) is 0 Å². The summed E-state index contributed by atoms with van der Waals surface area (Å²) in [6.45, 7) is 8.95. The first kappa shape index (κ1) is 14.8. The minimum atomic E-state index is -0.0499. The number of nitrogens with one attached hydrogen (secondary N) is 1. The van der Waals surface area contributed by atoms with Crippen LogP contribution in [0.25, 0.3) is 0 Å². The second-order valence-electron chi connectivity index (χ2n) is 5.69. The first-order valence-electron chi connectivity index (χ1n) is 7.00. The molecule has 0 bridgehead atoms. The SMILES string of the molecule is Cc1nonc1CNC(=O)N1CCN(C)[C@@H](C(C)C)C1. The number of piperazine rings is 1. The van der Waals surface area contributed by atoms with Crippen molar-refractivity contribution in [2.45, 2.75) is 33.4 Å². The van der Waals surface area contributed by atoms with Crippen LogP contribution in [-0.4, -0.2) is 58.9 Å². The molecule has 1 aliphatic heterocycles. The molecule has 0 unspecified atom stereocenters. The predicted molar refractivity (Wildman–Crippen MR) is 74.1 cm³/mol. The van der Waals surface area contributed by atoms with Crippen LogP contribution in [0.2, 0.25) is 0 Å². The lowest BCUT2D eigenvalue weighted by Crippen LogP contribution is -2.57. The molecule has 2 heterocycles. The van der Waals surface area contributed by atoms with Crippen LogP contribution < -0.4 is 5.32 Å². The van der Waals surface area contributed by atoms with E-state index >= 15 is 0 Å². The van der Waals surface area contributed by atoms with Crippen LogP contribution in [0.1, 0.15) is 25.2 Å². The lowest BCUT2D eigenvalue weighted by atomic mass is 10.0. The van der Waals surface area contributed by atoms with Gasteiger partial charge in [-0.1, -0.05) is 24.2 Å². The smallest absolute Gasteiger partial charge is 0.317 e. The summed E-state index contributed by atoms with van der Waals surface area (Å²) in [5.74, 6) is 0.526. The fourth-order valence-electron chi connectivity index (χ4n) is 2.49. The van der Waals surface area contributed by atoms with Crippen molar-refractivity contribution < 1.29 is 9.42 Å². The summed E-state index contributed by atoms with van der Waals surface area (Å²) in [6, 6.07) is 0.358. The van der Waals surface area contributed by atoms with Crippen LogP contribution in [0.15, 0.2) is 4.63 Å². The van der Waals surface area contributed by atoms with Crippen LogP contribution in [-0.2, 0) is 6.54 Å². The molecule has 2 amide bonds. The zero-order valence-corrected chi connectivity index (χ0v) is 12.6. The number of urea groups is 1. The Labute approximate surface area is 119 Å². The highest BCUT2D eigenvalue weighted by Crippen LogP contribution is 2.15. The average Bonchev–Trinajstić information content (AvgIpc) is 2.81. The molecular weight excluding hydrogens is 258 g/mol. The average molecular weight is 281 g/mol. The van der Waals surface area contributed by atoms with E-state index in [1.165, 1.54) is 0 Å². The molecule has 1 aliphatic rings. The molecule has 112 valence electrons. The third-order valence-corrected chi connectivity index (χ3v) is 3.91. The van der Waals surface area contributed by atoms with Gasteiger partial charge in [0.25, 0.3) is 0 Å². The third kappa shape index (κ3) is 3.27. The first-order chi connectivity index (χ1) is 9.49. The molecular formula is C13H23N5O2. The standard InChI is InChI=1S/C13H23N5O2/c1-9(2)12-8-18(6-5-17(12)4)13(19)14-7-11-10(3)15-20-16-11/h9,12H,5-8H2,1-4H3,(H,14,19)/t12-/m1/s1. The molecule has 2 rings (SSSR count). The number of amides is 2. The zero-order chi connectivity index (χ0) is 14.7. The topological polar surface area (TPSA) is 74.5 Å². The van der Waals surface area contributed by atoms with E-state index in [0.717, 1.165) is 19.6 Å². The first-order valence-corrected chi connectivity index (χ1v) is 7.00. The Morgan fingerprint density at radius 2 is 2.20 bits per heavy atom. The molecule has 20 heavy (non-hydrogen) atoms. The summed E-state index contributed by atoms with van der Waals surface area (Å²) in [7, 11) is 2.12. The maximum absolute atomic E-state index is 12.2. The Bertz CT molecular complexity index is 459.